The van der Waals surface area contributed by atoms with E-state index >= 15 is 0 Å². The Morgan fingerprint density at radius 2 is 1.57 bits per heavy atom. The second-order valence-electron chi connectivity index (χ2n) is 8.07. The van der Waals surface area contributed by atoms with Gasteiger partial charge < -0.3 is 14.7 Å². The van der Waals surface area contributed by atoms with E-state index in [0.717, 1.165) is 44.1 Å². The fraction of sp³-hybridized carbons (Fsp3) is 0.280. The highest BCUT2D eigenvalue weighted by Gasteiger charge is 2.31. The molecule has 2 aromatic carbocycles. The molecule has 0 bridgehead atoms. The zero-order chi connectivity index (χ0) is 20.5. The summed E-state index contributed by atoms with van der Waals surface area (Å²) in [6, 6.07) is 22.8. The Morgan fingerprint density at radius 1 is 0.867 bits per heavy atom. The van der Waals surface area contributed by atoms with Crippen LogP contribution in [0.2, 0.25) is 0 Å². The van der Waals surface area contributed by atoms with Gasteiger partial charge in [0.25, 0.3) is 5.91 Å². The lowest BCUT2D eigenvalue weighted by atomic mass is 10.1. The van der Waals surface area contributed by atoms with Gasteiger partial charge in [-0.3, -0.25) is 4.79 Å². The molecule has 0 saturated carbocycles. The van der Waals surface area contributed by atoms with Gasteiger partial charge in [0, 0.05) is 49.8 Å². The molecule has 3 heterocycles. The first-order chi connectivity index (χ1) is 14.7. The highest BCUT2D eigenvalue weighted by molar-refractivity contribution is 6.07. The van der Waals surface area contributed by atoms with Crippen LogP contribution in [0.4, 0.5) is 17.2 Å². The zero-order valence-corrected chi connectivity index (χ0v) is 17.2. The van der Waals surface area contributed by atoms with Crippen molar-refractivity contribution < 1.29 is 4.79 Å². The molecule has 0 aliphatic carbocycles. The van der Waals surface area contributed by atoms with E-state index in [1.807, 2.05) is 41.3 Å². The molecule has 3 aromatic rings. The SMILES string of the molecule is CC1Cc2ccccc2N1C(=O)c1ccc(N2CCN(c3ccccc3)CC2)nc1. The van der Waals surface area contributed by atoms with Crippen LogP contribution in [0.1, 0.15) is 22.8 Å². The highest BCUT2D eigenvalue weighted by Crippen LogP contribution is 2.33. The lowest BCUT2D eigenvalue weighted by Crippen LogP contribution is -2.46. The van der Waals surface area contributed by atoms with E-state index < -0.39 is 0 Å². The second-order valence-corrected chi connectivity index (χ2v) is 8.07. The van der Waals surface area contributed by atoms with Crippen molar-refractivity contribution in [3.8, 4) is 0 Å². The lowest BCUT2D eigenvalue weighted by molar-refractivity contribution is 0.0981. The number of amides is 1. The Hall–Kier alpha value is -3.34. The van der Waals surface area contributed by atoms with Gasteiger partial charge in [-0.15, -0.1) is 0 Å². The minimum absolute atomic E-state index is 0.0281. The summed E-state index contributed by atoms with van der Waals surface area (Å²) in [7, 11) is 0. The van der Waals surface area contributed by atoms with E-state index in [1.165, 1.54) is 11.3 Å². The number of pyridine rings is 1. The van der Waals surface area contributed by atoms with Crippen molar-refractivity contribution in [1.82, 2.24) is 4.98 Å². The van der Waals surface area contributed by atoms with Crippen LogP contribution in [-0.4, -0.2) is 43.1 Å². The van der Waals surface area contributed by atoms with Crippen molar-refractivity contribution in [2.45, 2.75) is 19.4 Å². The summed E-state index contributed by atoms with van der Waals surface area (Å²) in [5.41, 5.74) is 4.17. The van der Waals surface area contributed by atoms with Crippen molar-refractivity contribution in [3.63, 3.8) is 0 Å². The van der Waals surface area contributed by atoms with Crippen molar-refractivity contribution in [2.75, 3.05) is 40.9 Å². The number of hydrogen-bond donors (Lipinski definition) is 0. The van der Waals surface area contributed by atoms with Gasteiger partial charge in [0.05, 0.1) is 5.56 Å². The van der Waals surface area contributed by atoms with Crippen LogP contribution < -0.4 is 14.7 Å². The number of fused-ring (bicyclic) bond motifs is 1. The third kappa shape index (κ3) is 3.41. The van der Waals surface area contributed by atoms with Crippen LogP contribution in [0.5, 0.6) is 0 Å². The summed E-state index contributed by atoms with van der Waals surface area (Å²) in [6.07, 6.45) is 2.63. The zero-order valence-electron chi connectivity index (χ0n) is 17.2. The Balaban J connectivity index is 1.27. The smallest absolute Gasteiger partial charge is 0.260 e. The van der Waals surface area contributed by atoms with Crippen molar-refractivity contribution in [1.29, 1.82) is 0 Å². The first kappa shape index (κ1) is 18.7. The fourth-order valence-corrected chi connectivity index (χ4v) is 4.55. The number of carbonyl (C=O) groups excluding carboxylic acids is 1. The molecule has 1 amide bonds. The van der Waals surface area contributed by atoms with Crippen molar-refractivity contribution >= 4 is 23.1 Å². The van der Waals surface area contributed by atoms with Crippen LogP contribution in [0.3, 0.4) is 0 Å². The van der Waals surface area contributed by atoms with E-state index in [0.29, 0.717) is 5.56 Å². The average Bonchev–Trinajstić information content (AvgIpc) is 3.15. The quantitative estimate of drug-likeness (QED) is 0.669. The van der Waals surface area contributed by atoms with Gasteiger partial charge in [-0.05, 0) is 49.2 Å². The minimum Gasteiger partial charge on any atom is -0.368 e. The molecular weight excluding hydrogens is 372 g/mol. The van der Waals surface area contributed by atoms with Crippen LogP contribution in [0, 0.1) is 0 Å². The summed E-state index contributed by atoms with van der Waals surface area (Å²) < 4.78 is 0. The summed E-state index contributed by atoms with van der Waals surface area (Å²) in [5.74, 6) is 0.967. The summed E-state index contributed by atoms with van der Waals surface area (Å²) in [6.45, 7) is 5.88. The van der Waals surface area contributed by atoms with Gasteiger partial charge in [0.15, 0.2) is 0 Å². The number of anilines is 3. The Kier molecular flexibility index (Phi) is 4.87. The Morgan fingerprint density at radius 3 is 2.30 bits per heavy atom. The molecule has 2 aliphatic rings. The highest BCUT2D eigenvalue weighted by atomic mass is 16.2. The molecule has 5 heteroatoms. The summed E-state index contributed by atoms with van der Waals surface area (Å²) in [5, 5.41) is 0. The maximum atomic E-state index is 13.2. The molecule has 1 fully saturated rings. The van der Waals surface area contributed by atoms with E-state index in [2.05, 4.69) is 52.0 Å². The number of nitrogens with zero attached hydrogens (tertiary/aromatic N) is 4. The van der Waals surface area contributed by atoms with E-state index in [9.17, 15) is 4.79 Å². The molecule has 2 aliphatic heterocycles. The predicted molar refractivity (Wildman–Crippen MR) is 122 cm³/mol. The first-order valence-corrected chi connectivity index (χ1v) is 10.6. The first-order valence-electron chi connectivity index (χ1n) is 10.6. The third-order valence-electron chi connectivity index (χ3n) is 6.15. The molecule has 30 heavy (non-hydrogen) atoms. The maximum Gasteiger partial charge on any atom is 0.260 e. The average molecular weight is 399 g/mol. The molecule has 1 atom stereocenters. The van der Waals surface area contributed by atoms with Crippen LogP contribution in [0.25, 0.3) is 0 Å². The normalized spacial score (nSPS) is 18.4. The topological polar surface area (TPSA) is 39.7 Å². The Labute approximate surface area is 177 Å². The van der Waals surface area contributed by atoms with Gasteiger partial charge in [-0.25, -0.2) is 4.98 Å². The van der Waals surface area contributed by atoms with Crippen LogP contribution >= 0.6 is 0 Å². The van der Waals surface area contributed by atoms with E-state index in [1.54, 1.807) is 6.20 Å². The molecule has 0 N–H and O–H groups in total. The van der Waals surface area contributed by atoms with Gasteiger partial charge in [0.1, 0.15) is 5.82 Å². The lowest BCUT2D eigenvalue weighted by Gasteiger charge is -2.36. The molecule has 5 nitrogen and oxygen atoms in total. The van der Waals surface area contributed by atoms with Crippen LogP contribution in [0.15, 0.2) is 72.9 Å². The number of aromatic nitrogens is 1. The number of para-hydroxylation sites is 2. The largest absolute Gasteiger partial charge is 0.368 e. The standard InChI is InChI=1S/C25H26N4O/c1-19-17-20-7-5-6-10-23(20)29(19)25(30)21-11-12-24(26-18-21)28-15-13-27(14-16-28)22-8-3-2-4-9-22/h2-12,18-19H,13-17H2,1H3. The van der Waals surface area contributed by atoms with Gasteiger partial charge in [0.2, 0.25) is 0 Å². The molecule has 1 unspecified atom stereocenters. The third-order valence-corrected chi connectivity index (χ3v) is 6.15. The molecule has 1 saturated heterocycles. The second kappa shape index (κ2) is 7.82. The monoisotopic (exact) mass is 398 g/mol. The number of rotatable bonds is 3. The van der Waals surface area contributed by atoms with Crippen LogP contribution in [-0.2, 0) is 6.42 Å². The van der Waals surface area contributed by atoms with Gasteiger partial charge >= 0.3 is 0 Å². The molecule has 0 spiro atoms. The minimum atomic E-state index is 0.0281. The molecule has 1 aromatic heterocycles. The van der Waals surface area contributed by atoms with Crippen molar-refractivity contribution in [3.05, 3.63) is 84.1 Å². The molecule has 5 rings (SSSR count). The fourth-order valence-electron chi connectivity index (χ4n) is 4.55. The van der Waals surface area contributed by atoms with E-state index in [-0.39, 0.29) is 11.9 Å². The molecule has 152 valence electrons. The van der Waals surface area contributed by atoms with Gasteiger partial charge in [-0.2, -0.15) is 0 Å². The predicted octanol–water partition coefficient (Wildman–Crippen LogP) is 4.00. The summed E-state index contributed by atoms with van der Waals surface area (Å²) in [4.78, 5) is 24.4. The molecular formula is C25H26N4O. The number of piperazine rings is 1. The van der Waals surface area contributed by atoms with Crippen molar-refractivity contribution in [2.24, 2.45) is 0 Å². The Bertz CT molecular complexity index is 1030. The van der Waals surface area contributed by atoms with E-state index in [4.69, 9.17) is 0 Å². The maximum absolute atomic E-state index is 13.2. The number of hydrogen-bond acceptors (Lipinski definition) is 4. The number of benzene rings is 2. The molecule has 0 radical (unpaired) electrons. The number of carbonyl (C=O) groups is 1. The summed E-state index contributed by atoms with van der Waals surface area (Å²) >= 11 is 0. The van der Waals surface area contributed by atoms with Gasteiger partial charge in [-0.1, -0.05) is 36.4 Å².